The minimum absolute atomic E-state index is 0.268. The van der Waals surface area contributed by atoms with Crippen LogP contribution in [0.3, 0.4) is 0 Å². The van der Waals surface area contributed by atoms with Crippen LogP contribution in [-0.2, 0) is 13.0 Å². The summed E-state index contributed by atoms with van der Waals surface area (Å²) in [5.41, 5.74) is 2.71. The number of hydrogen-bond donors (Lipinski definition) is 2. The van der Waals surface area contributed by atoms with Gasteiger partial charge in [-0.25, -0.2) is 4.79 Å². The van der Waals surface area contributed by atoms with Crippen LogP contribution in [0.25, 0.3) is 0 Å². The molecule has 0 aliphatic carbocycles. The molecule has 5 nitrogen and oxygen atoms in total. The van der Waals surface area contributed by atoms with Crippen molar-refractivity contribution in [3.63, 3.8) is 0 Å². The van der Waals surface area contributed by atoms with Crippen LogP contribution in [0.2, 0.25) is 0 Å². The van der Waals surface area contributed by atoms with Crippen molar-refractivity contribution in [2.24, 2.45) is 0 Å². The lowest BCUT2D eigenvalue weighted by Gasteiger charge is -2.11. The van der Waals surface area contributed by atoms with E-state index < -0.39 is 0 Å². The number of rotatable bonds is 7. The molecule has 0 aliphatic heterocycles. The van der Waals surface area contributed by atoms with E-state index in [1.807, 2.05) is 18.2 Å². The fraction of sp³-hybridized carbons (Fsp3) is 0.444. The fourth-order valence-corrected chi connectivity index (χ4v) is 2.60. The van der Waals surface area contributed by atoms with Crippen molar-refractivity contribution in [3.05, 3.63) is 56.2 Å². The highest BCUT2D eigenvalue weighted by Gasteiger charge is 2.05. The van der Waals surface area contributed by atoms with Crippen molar-refractivity contribution in [2.45, 2.75) is 53.0 Å². The zero-order valence-corrected chi connectivity index (χ0v) is 14.1. The molecule has 1 aromatic heterocycles. The Kier molecular flexibility index (Phi) is 5.79. The average Bonchev–Trinajstić information content (AvgIpc) is 2.52. The molecule has 2 rings (SSSR count). The summed E-state index contributed by atoms with van der Waals surface area (Å²) in [5.74, 6) is 0.428. The van der Waals surface area contributed by atoms with Crippen molar-refractivity contribution < 1.29 is 0 Å². The van der Waals surface area contributed by atoms with Gasteiger partial charge in [-0.1, -0.05) is 32.8 Å². The summed E-state index contributed by atoms with van der Waals surface area (Å²) in [7, 11) is 0. The van der Waals surface area contributed by atoms with Crippen LogP contribution in [0.5, 0.6) is 0 Å². The highest BCUT2D eigenvalue weighted by molar-refractivity contribution is 5.57. The Balaban J connectivity index is 2.21. The molecule has 0 atom stereocenters. The quantitative estimate of drug-likeness (QED) is 0.770. The number of benzene rings is 1. The normalized spacial score (nSPS) is 10.7. The number of unbranched alkanes of at least 4 members (excludes halogenated alkanes) is 2. The van der Waals surface area contributed by atoms with Gasteiger partial charge < -0.3 is 5.32 Å². The summed E-state index contributed by atoms with van der Waals surface area (Å²) >= 11 is 0. The number of anilines is 2. The number of nitrogens with one attached hydrogen (secondary N) is 2. The molecule has 0 aliphatic rings. The molecule has 2 aromatic rings. The number of aromatic amines is 1. The first-order chi connectivity index (χ1) is 11.0. The van der Waals surface area contributed by atoms with Crippen LogP contribution in [0.1, 0.15) is 44.2 Å². The molecule has 0 saturated carbocycles. The van der Waals surface area contributed by atoms with E-state index in [1.54, 1.807) is 0 Å². The lowest BCUT2D eigenvalue weighted by atomic mass is 10.1. The van der Waals surface area contributed by atoms with Gasteiger partial charge in [0.1, 0.15) is 5.82 Å². The van der Waals surface area contributed by atoms with Gasteiger partial charge in [0.25, 0.3) is 5.56 Å². The zero-order chi connectivity index (χ0) is 16.8. The summed E-state index contributed by atoms with van der Waals surface area (Å²) in [5, 5.41) is 3.11. The van der Waals surface area contributed by atoms with Gasteiger partial charge >= 0.3 is 5.69 Å². The Morgan fingerprint density at radius 1 is 1.13 bits per heavy atom. The lowest BCUT2D eigenvalue weighted by Crippen LogP contribution is -2.35. The third-order valence-electron chi connectivity index (χ3n) is 4.01. The summed E-state index contributed by atoms with van der Waals surface area (Å²) in [6.45, 7) is 6.73. The first-order valence-electron chi connectivity index (χ1n) is 8.25. The molecule has 0 amide bonds. The van der Waals surface area contributed by atoms with E-state index in [-0.39, 0.29) is 11.2 Å². The summed E-state index contributed by atoms with van der Waals surface area (Å²) < 4.78 is 1.26. The van der Waals surface area contributed by atoms with E-state index in [2.05, 4.69) is 31.1 Å². The molecular formula is C18H25N3O2. The summed E-state index contributed by atoms with van der Waals surface area (Å²) in [6.07, 6.45) is 3.84. The lowest BCUT2D eigenvalue weighted by molar-refractivity contribution is 0.564. The van der Waals surface area contributed by atoms with Crippen molar-refractivity contribution in [1.82, 2.24) is 9.55 Å². The van der Waals surface area contributed by atoms with Gasteiger partial charge in [-0.2, -0.15) is 0 Å². The predicted octanol–water partition coefficient (Wildman–Crippen LogP) is 3.34. The van der Waals surface area contributed by atoms with E-state index in [0.717, 1.165) is 31.4 Å². The minimum Gasteiger partial charge on any atom is -0.342 e. The average molecular weight is 315 g/mol. The van der Waals surface area contributed by atoms with E-state index >= 15 is 0 Å². The summed E-state index contributed by atoms with van der Waals surface area (Å²) in [4.78, 5) is 27.0. The third kappa shape index (κ3) is 4.34. The van der Waals surface area contributed by atoms with E-state index in [4.69, 9.17) is 0 Å². The maximum Gasteiger partial charge on any atom is 0.329 e. The molecule has 5 heteroatoms. The molecule has 0 bridgehead atoms. The van der Waals surface area contributed by atoms with Gasteiger partial charge in [0.15, 0.2) is 0 Å². The van der Waals surface area contributed by atoms with Crippen LogP contribution in [0, 0.1) is 6.92 Å². The number of H-pyrrole nitrogens is 1. The number of aryl methyl sites for hydroxylation is 2. The second-order valence-electron chi connectivity index (χ2n) is 5.80. The van der Waals surface area contributed by atoms with Gasteiger partial charge in [0, 0.05) is 18.3 Å². The molecule has 0 radical (unpaired) electrons. The van der Waals surface area contributed by atoms with Crippen LogP contribution >= 0.6 is 0 Å². The van der Waals surface area contributed by atoms with Crippen molar-refractivity contribution in [2.75, 3.05) is 5.32 Å². The van der Waals surface area contributed by atoms with Gasteiger partial charge in [-0.15, -0.1) is 0 Å². The molecule has 124 valence electrons. The summed E-state index contributed by atoms with van der Waals surface area (Å²) in [6, 6.07) is 7.46. The second-order valence-corrected chi connectivity index (χ2v) is 5.80. The largest absolute Gasteiger partial charge is 0.342 e. The first kappa shape index (κ1) is 17.1. The van der Waals surface area contributed by atoms with Crippen LogP contribution in [0.4, 0.5) is 11.5 Å². The zero-order valence-electron chi connectivity index (χ0n) is 14.1. The Labute approximate surface area is 136 Å². The van der Waals surface area contributed by atoms with E-state index in [0.29, 0.717) is 12.4 Å². The van der Waals surface area contributed by atoms with Crippen molar-refractivity contribution in [1.29, 1.82) is 0 Å². The van der Waals surface area contributed by atoms with E-state index in [9.17, 15) is 9.59 Å². The molecule has 0 unspecified atom stereocenters. The number of aromatic nitrogens is 2. The Hall–Kier alpha value is -2.30. The second kappa shape index (κ2) is 7.81. The highest BCUT2D eigenvalue weighted by Crippen LogP contribution is 2.18. The molecule has 0 spiro atoms. The monoisotopic (exact) mass is 315 g/mol. The smallest absolute Gasteiger partial charge is 0.329 e. The molecule has 0 saturated heterocycles. The van der Waals surface area contributed by atoms with Crippen molar-refractivity contribution in [3.8, 4) is 0 Å². The topological polar surface area (TPSA) is 66.9 Å². The highest BCUT2D eigenvalue weighted by atomic mass is 16.2. The fourth-order valence-electron chi connectivity index (χ4n) is 2.60. The predicted molar refractivity (Wildman–Crippen MR) is 94.7 cm³/mol. The number of hydrogen-bond acceptors (Lipinski definition) is 3. The number of nitrogens with zero attached hydrogens (tertiary/aromatic N) is 1. The first-order valence-corrected chi connectivity index (χ1v) is 8.25. The van der Waals surface area contributed by atoms with Crippen LogP contribution in [0.15, 0.2) is 33.9 Å². The van der Waals surface area contributed by atoms with Crippen LogP contribution in [-0.4, -0.2) is 9.55 Å². The van der Waals surface area contributed by atoms with Crippen molar-refractivity contribution >= 4 is 11.5 Å². The molecule has 1 heterocycles. The Morgan fingerprint density at radius 2 is 1.91 bits per heavy atom. The van der Waals surface area contributed by atoms with Gasteiger partial charge in [0.2, 0.25) is 0 Å². The molecule has 2 N–H and O–H groups in total. The third-order valence-corrected chi connectivity index (χ3v) is 4.01. The standard InChI is InChI=1S/C18H25N3O2/c1-4-6-7-10-21-17(22)12-16(20-18(21)23)19-15-9-8-13(3)14(5-2)11-15/h8-9,11-12,19H,4-7,10H2,1-3H3,(H,20,23). The molecule has 0 fully saturated rings. The van der Waals surface area contributed by atoms with E-state index in [1.165, 1.54) is 21.8 Å². The Morgan fingerprint density at radius 3 is 2.57 bits per heavy atom. The molecule has 1 aromatic carbocycles. The Bertz CT molecular complexity index is 743. The maximum absolute atomic E-state index is 12.1. The van der Waals surface area contributed by atoms with Gasteiger partial charge in [-0.3, -0.25) is 14.3 Å². The minimum atomic E-state index is -0.362. The molecular weight excluding hydrogens is 290 g/mol. The van der Waals surface area contributed by atoms with Crippen LogP contribution < -0.4 is 16.6 Å². The SMILES string of the molecule is CCCCCn1c(=O)cc(Nc2ccc(C)c(CC)c2)[nH]c1=O. The van der Waals surface area contributed by atoms with Gasteiger partial charge in [0.05, 0.1) is 0 Å². The molecule has 23 heavy (non-hydrogen) atoms. The van der Waals surface area contributed by atoms with Gasteiger partial charge in [-0.05, 0) is 43.0 Å². The maximum atomic E-state index is 12.1.